The molecule has 0 bridgehead atoms. The number of hydrogen-bond donors (Lipinski definition) is 1. The van der Waals surface area contributed by atoms with Gasteiger partial charge in [0.05, 0.1) is 20.3 Å². The predicted molar refractivity (Wildman–Crippen MR) is 122 cm³/mol. The van der Waals surface area contributed by atoms with Gasteiger partial charge in [0, 0.05) is 15.9 Å². The summed E-state index contributed by atoms with van der Waals surface area (Å²) in [6, 6.07) is 14.8. The van der Waals surface area contributed by atoms with Gasteiger partial charge in [0.1, 0.15) is 17.1 Å². The Morgan fingerprint density at radius 1 is 1.17 bits per heavy atom. The van der Waals surface area contributed by atoms with Crippen molar-refractivity contribution in [2.24, 2.45) is 5.10 Å². The molecule has 0 radical (unpaired) electrons. The smallest absolute Gasteiger partial charge is 0.307 e. The molecule has 8 nitrogen and oxygen atoms in total. The lowest BCUT2D eigenvalue weighted by atomic mass is 10.1. The number of fused-ring (bicyclic) bond motifs is 1. The van der Waals surface area contributed by atoms with Gasteiger partial charge in [-0.2, -0.15) is 5.10 Å². The number of benzene rings is 2. The summed E-state index contributed by atoms with van der Waals surface area (Å²) in [6.45, 7) is 0. The Labute approximate surface area is 191 Å². The SMILES string of the molecule is O=C(N/N=C/c1ccc(-c2ccccc2[N+](=O)[O-])o1)c1cc2cc(Br)cc(I)c2o1. The Morgan fingerprint density at radius 3 is 2.77 bits per heavy atom. The number of para-hydroxylation sites is 1. The van der Waals surface area contributed by atoms with Crippen LogP contribution in [0, 0.1) is 13.7 Å². The van der Waals surface area contributed by atoms with Crippen molar-refractivity contribution >= 4 is 67.3 Å². The van der Waals surface area contributed by atoms with Gasteiger partial charge >= 0.3 is 5.91 Å². The molecule has 4 rings (SSSR count). The fourth-order valence-electron chi connectivity index (χ4n) is 2.81. The number of nitrogens with zero attached hydrogens (tertiary/aromatic N) is 2. The zero-order chi connectivity index (χ0) is 21.3. The molecule has 2 aromatic heterocycles. The van der Waals surface area contributed by atoms with Crippen molar-refractivity contribution in [3.63, 3.8) is 0 Å². The van der Waals surface area contributed by atoms with E-state index in [1.54, 1.807) is 36.4 Å². The van der Waals surface area contributed by atoms with E-state index in [2.05, 4.69) is 49.0 Å². The zero-order valence-electron chi connectivity index (χ0n) is 15.0. The fourth-order valence-corrected chi connectivity index (χ4v) is 4.47. The van der Waals surface area contributed by atoms with Gasteiger partial charge in [-0.3, -0.25) is 14.9 Å². The van der Waals surface area contributed by atoms with Crippen molar-refractivity contribution in [3.8, 4) is 11.3 Å². The van der Waals surface area contributed by atoms with Gasteiger partial charge in [-0.15, -0.1) is 0 Å². The van der Waals surface area contributed by atoms with E-state index in [4.69, 9.17) is 8.83 Å². The number of hydrogen-bond acceptors (Lipinski definition) is 6. The number of amides is 1. The number of hydrazone groups is 1. The first-order valence-electron chi connectivity index (χ1n) is 8.48. The molecule has 2 aromatic carbocycles. The summed E-state index contributed by atoms with van der Waals surface area (Å²) in [4.78, 5) is 23.0. The van der Waals surface area contributed by atoms with E-state index in [0.717, 1.165) is 13.4 Å². The predicted octanol–water partition coefficient (Wildman–Crippen LogP) is 5.73. The van der Waals surface area contributed by atoms with E-state index in [1.807, 2.05) is 12.1 Å². The average Bonchev–Trinajstić information content (AvgIpc) is 3.35. The van der Waals surface area contributed by atoms with E-state index in [1.165, 1.54) is 12.3 Å². The van der Waals surface area contributed by atoms with Crippen molar-refractivity contribution in [3.05, 3.63) is 84.3 Å². The third-order valence-electron chi connectivity index (χ3n) is 4.11. The van der Waals surface area contributed by atoms with Gasteiger partial charge in [-0.25, -0.2) is 5.43 Å². The molecule has 0 spiro atoms. The number of nitro groups is 1. The highest BCUT2D eigenvalue weighted by atomic mass is 127. The number of nitrogens with one attached hydrogen (secondary N) is 1. The Balaban J connectivity index is 1.49. The maximum absolute atomic E-state index is 12.3. The Bertz CT molecular complexity index is 1310. The topological polar surface area (TPSA) is 111 Å². The summed E-state index contributed by atoms with van der Waals surface area (Å²) in [5.74, 6) is 0.261. The largest absolute Gasteiger partial charge is 0.455 e. The molecular formula is C20H11BrIN3O5. The number of nitro benzene ring substituents is 1. The molecule has 0 aliphatic carbocycles. The third kappa shape index (κ3) is 4.14. The molecular weight excluding hydrogens is 569 g/mol. The summed E-state index contributed by atoms with van der Waals surface area (Å²) in [5, 5.41) is 15.8. The van der Waals surface area contributed by atoms with Gasteiger partial charge in [0.2, 0.25) is 0 Å². The van der Waals surface area contributed by atoms with Crippen LogP contribution in [-0.2, 0) is 0 Å². The standard InChI is InChI=1S/C20H11BrIN3O5/c21-12-7-11-8-18(30-19(11)15(22)9-12)20(26)24-23-10-13-5-6-17(29-13)14-3-1-2-4-16(14)25(27)28/h1-10H,(H,24,26)/b23-10+. The summed E-state index contributed by atoms with van der Waals surface area (Å²) in [7, 11) is 0. The molecule has 30 heavy (non-hydrogen) atoms. The zero-order valence-corrected chi connectivity index (χ0v) is 18.7. The highest BCUT2D eigenvalue weighted by Gasteiger charge is 2.17. The Morgan fingerprint density at radius 2 is 1.97 bits per heavy atom. The van der Waals surface area contributed by atoms with E-state index in [-0.39, 0.29) is 11.4 Å². The minimum absolute atomic E-state index is 0.0604. The van der Waals surface area contributed by atoms with Gasteiger partial charge in [0.15, 0.2) is 5.76 Å². The lowest BCUT2D eigenvalue weighted by molar-refractivity contribution is -0.384. The monoisotopic (exact) mass is 579 g/mol. The maximum atomic E-state index is 12.3. The number of carbonyl (C=O) groups excluding carboxylic acids is 1. The van der Waals surface area contributed by atoms with E-state index in [0.29, 0.717) is 22.7 Å². The second-order valence-corrected chi connectivity index (χ2v) is 8.17. The first-order valence-corrected chi connectivity index (χ1v) is 10.3. The van der Waals surface area contributed by atoms with Gasteiger partial charge in [0.25, 0.3) is 5.69 Å². The molecule has 1 amide bonds. The first-order chi connectivity index (χ1) is 14.4. The van der Waals surface area contributed by atoms with Crippen LogP contribution in [0.25, 0.3) is 22.3 Å². The van der Waals surface area contributed by atoms with Crippen LogP contribution >= 0.6 is 38.5 Å². The summed E-state index contributed by atoms with van der Waals surface area (Å²) in [5.41, 5.74) is 3.29. The Hall–Kier alpha value is -2.99. The highest BCUT2D eigenvalue weighted by molar-refractivity contribution is 14.1. The first kappa shape index (κ1) is 20.3. The van der Waals surface area contributed by atoms with E-state index in [9.17, 15) is 14.9 Å². The molecule has 4 aromatic rings. The summed E-state index contributed by atoms with van der Waals surface area (Å²) >= 11 is 5.54. The normalized spacial score (nSPS) is 11.3. The van der Waals surface area contributed by atoms with E-state index < -0.39 is 10.8 Å². The average molecular weight is 580 g/mol. The van der Waals surface area contributed by atoms with Crippen LogP contribution < -0.4 is 5.43 Å². The molecule has 0 aliphatic heterocycles. The van der Waals surface area contributed by atoms with Crippen molar-refractivity contribution in [2.75, 3.05) is 0 Å². The number of carbonyl (C=O) groups is 1. The second-order valence-electron chi connectivity index (χ2n) is 6.09. The van der Waals surface area contributed by atoms with Crippen molar-refractivity contribution in [2.45, 2.75) is 0 Å². The van der Waals surface area contributed by atoms with Crippen molar-refractivity contribution < 1.29 is 18.6 Å². The molecule has 0 saturated carbocycles. The third-order valence-corrected chi connectivity index (χ3v) is 5.37. The lowest BCUT2D eigenvalue weighted by Crippen LogP contribution is -2.16. The molecule has 0 aliphatic rings. The van der Waals surface area contributed by atoms with Crippen LogP contribution in [-0.4, -0.2) is 17.0 Å². The Kier molecular flexibility index (Phi) is 5.68. The van der Waals surface area contributed by atoms with Crippen LogP contribution in [0.4, 0.5) is 5.69 Å². The van der Waals surface area contributed by atoms with Gasteiger partial charge < -0.3 is 8.83 Å². The second kappa shape index (κ2) is 8.40. The van der Waals surface area contributed by atoms with Crippen LogP contribution in [0.15, 0.2) is 73.0 Å². The quantitative estimate of drug-likeness (QED) is 0.140. The molecule has 10 heteroatoms. The van der Waals surface area contributed by atoms with E-state index >= 15 is 0 Å². The molecule has 0 fully saturated rings. The minimum Gasteiger partial charge on any atom is -0.455 e. The molecule has 0 unspecified atom stereocenters. The molecule has 150 valence electrons. The summed E-state index contributed by atoms with van der Waals surface area (Å²) in [6.07, 6.45) is 1.30. The number of halogens is 2. The van der Waals surface area contributed by atoms with Crippen molar-refractivity contribution in [1.82, 2.24) is 5.43 Å². The van der Waals surface area contributed by atoms with Crippen LogP contribution in [0.2, 0.25) is 0 Å². The molecule has 0 atom stereocenters. The molecule has 2 heterocycles. The minimum atomic E-state index is -0.514. The highest BCUT2D eigenvalue weighted by Crippen LogP contribution is 2.31. The van der Waals surface area contributed by atoms with Crippen LogP contribution in [0.3, 0.4) is 0 Å². The number of furan rings is 2. The molecule has 1 N–H and O–H groups in total. The van der Waals surface area contributed by atoms with Crippen LogP contribution in [0.5, 0.6) is 0 Å². The number of rotatable bonds is 5. The lowest BCUT2D eigenvalue weighted by Gasteiger charge is -1.98. The fraction of sp³-hybridized carbons (Fsp3) is 0. The van der Waals surface area contributed by atoms with Gasteiger partial charge in [-0.1, -0.05) is 28.1 Å². The maximum Gasteiger partial charge on any atom is 0.307 e. The summed E-state index contributed by atoms with van der Waals surface area (Å²) < 4.78 is 13.0. The van der Waals surface area contributed by atoms with Crippen LogP contribution in [0.1, 0.15) is 16.3 Å². The van der Waals surface area contributed by atoms with Gasteiger partial charge in [-0.05, 0) is 59.0 Å². The molecule has 0 saturated heterocycles. The van der Waals surface area contributed by atoms with Crippen molar-refractivity contribution in [1.29, 1.82) is 0 Å².